The second kappa shape index (κ2) is 6.42. The summed E-state index contributed by atoms with van der Waals surface area (Å²) in [5.74, 6) is -0.110. The zero-order chi connectivity index (χ0) is 19.3. The third-order valence-electron chi connectivity index (χ3n) is 5.54. The van der Waals surface area contributed by atoms with Gasteiger partial charge >= 0.3 is 5.97 Å². The Hall–Kier alpha value is -3.26. The molecule has 2 N–H and O–H groups in total. The summed E-state index contributed by atoms with van der Waals surface area (Å²) in [6.45, 7) is 2.12. The summed E-state index contributed by atoms with van der Waals surface area (Å²) < 4.78 is 1.79. The minimum Gasteiger partial charge on any atom is -0.478 e. The van der Waals surface area contributed by atoms with Gasteiger partial charge in [0.2, 0.25) is 0 Å². The smallest absolute Gasteiger partial charge is 0.339 e. The summed E-state index contributed by atoms with van der Waals surface area (Å²) in [5, 5.41) is 15.4. The maximum Gasteiger partial charge on any atom is 0.339 e. The maximum absolute atomic E-state index is 11.5. The molecule has 1 aromatic carbocycles. The van der Waals surface area contributed by atoms with E-state index in [1.165, 1.54) is 6.20 Å². The Balaban J connectivity index is 1.66. The Kier molecular flexibility index (Phi) is 3.87. The summed E-state index contributed by atoms with van der Waals surface area (Å²) in [7, 11) is 2.15. The van der Waals surface area contributed by atoms with Gasteiger partial charge in [-0.05, 0) is 39.0 Å². The van der Waals surface area contributed by atoms with Crippen molar-refractivity contribution in [2.45, 2.75) is 18.8 Å². The minimum absolute atomic E-state index is 0.108. The van der Waals surface area contributed by atoms with Gasteiger partial charge < -0.3 is 15.0 Å². The molecule has 0 aliphatic carbocycles. The lowest BCUT2D eigenvalue weighted by molar-refractivity contribution is 0.0699. The van der Waals surface area contributed by atoms with Gasteiger partial charge in [-0.1, -0.05) is 18.2 Å². The van der Waals surface area contributed by atoms with Gasteiger partial charge in [0, 0.05) is 17.5 Å². The van der Waals surface area contributed by atoms with Crippen LogP contribution in [0.2, 0.25) is 0 Å². The molecule has 1 aliphatic heterocycles. The number of carboxylic acids is 1. The molecular formula is C20H20N6O2. The van der Waals surface area contributed by atoms with Crippen molar-refractivity contribution in [3.05, 3.63) is 47.9 Å². The number of piperidine rings is 1. The number of likely N-dealkylation sites (tertiary alicyclic amines) is 1. The van der Waals surface area contributed by atoms with Crippen molar-refractivity contribution in [1.82, 2.24) is 29.6 Å². The normalized spacial score (nSPS) is 16.2. The molecule has 0 bridgehead atoms. The fourth-order valence-corrected chi connectivity index (χ4v) is 4.00. The van der Waals surface area contributed by atoms with E-state index >= 15 is 0 Å². The van der Waals surface area contributed by atoms with Crippen LogP contribution in [0.15, 0.2) is 36.7 Å². The Morgan fingerprint density at radius 3 is 2.82 bits per heavy atom. The SMILES string of the molecule is CN1CCC(c2nn(-c3cnc4[nH]cc(C(=O)O)c4n3)c3ccccc23)CC1. The van der Waals surface area contributed by atoms with Crippen molar-refractivity contribution in [2.24, 2.45) is 0 Å². The van der Waals surface area contributed by atoms with E-state index in [1.807, 2.05) is 18.2 Å². The number of carboxylic acid groups (broad SMARTS) is 1. The van der Waals surface area contributed by atoms with Crippen LogP contribution in [-0.4, -0.2) is 60.8 Å². The molecule has 8 nitrogen and oxygen atoms in total. The first-order valence-corrected chi connectivity index (χ1v) is 9.36. The Labute approximate surface area is 160 Å². The quantitative estimate of drug-likeness (QED) is 0.570. The third-order valence-corrected chi connectivity index (χ3v) is 5.54. The molecule has 8 heteroatoms. The summed E-state index contributed by atoms with van der Waals surface area (Å²) in [6.07, 6.45) is 5.19. The maximum atomic E-state index is 11.5. The molecule has 4 aromatic rings. The van der Waals surface area contributed by atoms with Crippen molar-refractivity contribution >= 4 is 28.0 Å². The van der Waals surface area contributed by atoms with Crippen LogP contribution in [0.4, 0.5) is 0 Å². The summed E-state index contributed by atoms with van der Waals surface area (Å²) >= 11 is 0. The number of carbonyl (C=O) groups is 1. The fourth-order valence-electron chi connectivity index (χ4n) is 4.00. The highest BCUT2D eigenvalue weighted by Gasteiger charge is 2.24. The highest BCUT2D eigenvalue weighted by Crippen LogP contribution is 2.33. The summed E-state index contributed by atoms with van der Waals surface area (Å²) in [6, 6.07) is 8.11. The van der Waals surface area contributed by atoms with E-state index in [1.54, 1.807) is 10.9 Å². The van der Waals surface area contributed by atoms with Crippen LogP contribution in [0.3, 0.4) is 0 Å². The molecule has 142 valence electrons. The van der Waals surface area contributed by atoms with Gasteiger partial charge in [0.15, 0.2) is 11.5 Å². The highest BCUT2D eigenvalue weighted by molar-refractivity contribution is 6.00. The average Bonchev–Trinajstić information content (AvgIpc) is 3.30. The van der Waals surface area contributed by atoms with Crippen molar-refractivity contribution < 1.29 is 9.90 Å². The number of aromatic amines is 1. The van der Waals surface area contributed by atoms with Crippen LogP contribution in [0.5, 0.6) is 0 Å². The van der Waals surface area contributed by atoms with Crippen molar-refractivity contribution in [3.63, 3.8) is 0 Å². The number of fused-ring (bicyclic) bond motifs is 2. The first-order valence-electron chi connectivity index (χ1n) is 9.36. The standard InChI is InChI=1S/C20H20N6O2/c1-25-8-6-12(7-9-25)17-13-4-2-3-5-15(13)26(24-17)16-11-22-19-18(23-16)14(10-21-19)20(27)28/h2-5,10-12H,6-9H2,1H3,(H,21,22)(H,27,28). The van der Waals surface area contributed by atoms with Crippen LogP contribution in [-0.2, 0) is 0 Å². The number of nitrogens with one attached hydrogen (secondary N) is 1. The lowest BCUT2D eigenvalue weighted by Gasteiger charge is -2.28. The largest absolute Gasteiger partial charge is 0.478 e. The zero-order valence-corrected chi connectivity index (χ0v) is 15.5. The van der Waals surface area contributed by atoms with Gasteiger partial charge in [-0.25, -0.2) is 19.4 Å². The molecular weight excluding hydrogens is 356 g/mol. The van der Waals surface area contributed by atoms with Crippen LogP contribution in [0.25, 0.3) is 27.9 Å². The number of aromatic carboxylic acids is 1. The predicted molar refractivity (Wildman–Crippen MR) is 105 cm³/mol. The van der Waals surface area contributed by atoms with E-state index in [9.17, 15) is 9.90 Å². The summed E-state index contributed by atoms with van der Waals surface area (Å²) in [5.41, 5.74) is 2.94. The number of para-hydroxylation sites is 1. The van der Waals surface area contributed by atoms with Crippen LogP contribution < -0.4 is 0 Å². The second-order valence-electron chi connectivity index (χ2n) is 7.32. The molecule has 1 saturated heterocycles. The van der Waals surface area contributed by atoms with E-state index < -0.39 is 5.97 Å². The number of nitrogens with zero attached hydrogens (tertiary/aromatic N) is 5. The second-order valence-corrected chi connectivity index (χ2v) is 7.32. The van der Waals surface area contributed by atoms with E-state index in [0.29, 0.717) is 22.9 Å². The first kappa shape index (κ1) is 16.9. The minimum atomic E-state index is -1.03. The number of benzene rings is 1. The molecule has 0 spiro atoms. The molecule has 0 amide bonds. The summed E-state index contributed by atoms with van der Waals surface area (Å²) in [4.78, 5) is 25.6. The van der Waals surface area contributed by atoms with Crippen molar-refractivity contribution in [1.29, 1.82) is 0 Å². The Bertz CT molecular complexity index is 1190. The number of hydrogen-bond acceptors (Lipinski definition) is 5. The Morgan fingerprint density at radius 2 is 2.04 bits per heavy atom. The van der Waals surface area contributed by atoms with Gasteiger partial charge in [0.05, 0.1) is 17.4 Å². The Morgan fingerprint density at radius 1 is 1.25 bits per heavy atom. The monoisotopic (exact) mass is 376 g/mol. The molecule has 28 heavy (non-hydrogen) atoms. The lowest BCUT2D eigenvalue weighted by atomic mass is 9.92. The number of hydrogen-bond donors (Lipinski definition) is 2. The molecule has 0 saturated carbocycles. The molecule has 3 aromatic heterocycles. The van der Waals surface area contributed by atoms with E-state index in [-0.39, 0.29) is 5.56 Å². The van der Waals surface area contributed by atoms with Gasteiger partial charge in [-0.15, -0.1) is 0 Å². The average molecular weight is 376 g/mol. The third kappa shape index (κ3) is 2.65. The highest BCUT2D eigenvalue weighted by atomic mass is 16.4. The fraction of sp³-hybridized carbons (Fsp3) is 0.300. The van der Waals surface area contributed by atoms with Crippen LogP contribution in [0.1, 0.15) is 34.8 Å². The molecule has 4 heterocycles. The molecule has 0 unspecified atom stereocenters. The van der Waals surface area contributed by atoms with Crippen molar-refractivity contribution in [3.8, 4) is 5.82 Å². The first-order chi connectivity index (χ1) is 13.6. The number of H-pyrrole nitrogens is 1. The predicted octanol–water partition coefficient (Wildman–Crippen LogP) is 2.80. The molecule has 1 aliphatic rings. The topological polar surface area (TPSA) is 99.9 Å². The van der Waals surface area contributed by atoms with Crippen LogP contribution >= 0.6 is 0 Å². The van der Waals surface area contributed by atoms with Crippen LogP contribution in [0, 0.1) is 0 Å². The lowest BCUT2D eigenvalue weighted by Crippen LogP contribution is -2.29. The van der Waals surface area contributed by atoms with E-state index in [0.717, 1.165) is 42.5 Å². The van der Waals surface area contributed by atoms with E-state index in [2.05, 4.69) is 33.0 Å². The van der Waals surface area contributed by atoms with Gasteiger partial charge in [-0.3, -0.25) is 0 Å². The van der Waals surface area contributed by atoms with Gasteiger partial charge in [0.1, 0.15) is 11.1 Å². The molecule has 5 rings (SSSR count). The molecule has 1 fully saturated rings. The van der Waals surface area contributed by atoms with Gasteiger partial charge in [-0.2, -0.15) is 5.10 Å². The van der Waals surface area contributed by atoms with Gasteiger partial charge in [0.25, 0.3) is 0 Å². The van der Waals surface area contributed by atoms with Crippen molar-refractivity contribution in [2.75, 3.05) is 20.1 Å². The molecule has 0 radical (unpaired) electrons. The number of rotatable bonds is 3. The number of aromatic nitrogens is 5. The zero-order valence-electron chi connectivity index (χ0n) is 15.5. The van der Waals surface area contributed by atoms with E-state index in [4.69, 9.17) is 5.10 Å². The molecule has 0 atom stereocenters.